The van der Waals surface area contributed by atoms with Crippen LogP contribution >= 0.6 is 0 Å². The summed E-state index contributed by atoms with van der Waals surface area (Å²) < 4.78 is 30.2. The number of fused-ring (bicyclic) bond motifs is 3. The molecule has 2 aliphatic heterocycles. The molecule has 0 aromatic heterocycles. The van der Waals surface area contributed by atoms with Crippen molar-refractivity contribution in [2.75, 3.05) is 13.7 Å². The van der Waals surface area contributed by atoms with Gasteiger partial charge in [-0.15, -0.1) is 0 Å². The fraction of sp³-hybridized carbons (Fsp3) is 0.326. The first kappa shape index (κ1) is 37.9. The topological polar surface area (TPSA) is 118 Å². The van der Waals surface area contributed by atoms with Gasteiger partial charge >= 0.3 is 17.9 Å². The van der Waals surface area contributed by atoms with Crippen molar-refractivity contribution in [1.29, 1.82) is 0 Å². The minimum Gasteiger partial charge on any atom is -0.455 e. The normalized spacial score (nSPS) is 25.2. The van der Waals surface area contributed by atoms with Gasteiger partial charge in [-0.1, -0.05) is 127 Å². The predicted octanol–water partition coefficient (Wildman–Crippen LogP) is 7.09. The van der Waals surface area contributed by atoms with Gasteiger partial charge in [-0.05, 0) is 70.3 Å². The van der Waals surface area contributed by atoms with Crippen molar-refractivity contribution in [2.24, 2.45) is 11.8 Å². The molecule has 0 bridgehead atoms. The molecule has 7 rings (SSSR count). The van der Waals surface area contributed by atoms with Crippen LogP contribution in [0.3, 0.4) is 0 Å². The van der Waals surface area contributed by atoms with E-state index in [1.807, 2.05) is 115 Å². The summed E-state index contributed by atoms with van der Waals surface area (Å²) in [6, 6.07) is 37.8. The Balaban J connectivity index is 1.21. The van der Waals surface area contributed by atoms with E-state index in [4.69, 9.17) is 23.7 Å². The highest BCUT2D eigenvalue weighted by molar-refractivity contribution is 5.84. The van der Waals surface area contributed by atoms with Crippen molar-refractivity contribution < 1.29 is 43.2 Å². The quantitative estimate of drug-likeness (QED) is 0.0910. The third kappa shape index (κ3) is 9.31. The fourth-order valence-electron chi connectivity index (χ4n) is 7.53. The molecule has 0 amide bonds. The average Bonchev–Trinajstić information content (AvgIpc) is 3.21. The van der Waals surface area contributed by atoms with Gasteiger partial charge in [-0.2, -0.15) is 0 Å². The highest BCUT2D eigenvalue weighted by Gasteiger charge is 2.53. The Morgan fingerprint density at radius 3 is 1.75 bits per heavy atom. The van der Waals surface area contributed by atoms with Gasteiger partial charge in [0, 0.05) is 13.5 Å². The molecule has 5 aromatic carbocycles. The number of hydrogen-bond donors (Lipinski definition) is 1. The molecule has 0 radical (unpaired) electrons. The van der Waals surface area contributed by atoms with Gasteiger partial charge in [-0.25, -0.2) is 0 Å². The van der Waals surface area contributed by atoms with Crippen molar-refractivity contribution in [3.63, 3.8) is 0 Å². The van der Waals surface area contributed by atoms with Crippen molar-refractivity contribution >= 4 is 39.5 Å². The number of esters is 3. The van der Waals surface area contributed by atoms with E-state index in [-0.39, 0.29) is 6.42 Å². The molecule has 0 aliphatic carbocycles. The Labute approximate surface area is 320 Å². The summed E-state index contributed by atoms with van der Waals surface area (Å²) in [5.41, 5.74) is 2.87. The van der Waals surface area contributed by atoms with E-state index in [0.717, 1.165) is 38.2 Å². The zero-order chi connectivity index (χ0) is 38.1. The highest BCUT2D eigenvalue weighted by Crippen LogP contribution is 2.33. The molecule has 7 atom stereocenters. The zero-order valence-corrected chi connectivity index (χ0v) is 30.8. The monoisotopic (exact) mass is 742 g/mol. The van der Waals surface area contributed by atoms with Gasteiger partial charge < -0.3 is 28.8 Å². The maximum Gasteiger partial charge on any atom is 0.310 e. The van der Waals surface area contributed by atoms with Gasteiger partial charge in [0.2, 0.25) is 0 Å². The predicted molar refractivity (Wildman–Crippen MR) is 208 cm³/mol. The van der Waals surface area contributed by atoms with Crippen LogP contribution < -0.4 is 0 Å². The molecule has 2 heterocycles. The third-order valence-electron chi connectivity index (χ3n) is 10.5. The summed E-state index contributed by atoms with van der Waals surface area (Å²) in [6.07, 6.45) is -0.525. The van der Waals surface area contributed by atoms with Crippen LogP contribution in [0.4, 0.5) is 0 Å². The first-order chi connectivity index (χ1) is 26.9. The molecule has 55 heavy (non-hydrogen) atoms. The lowest BCUT2D eigenvalue weighted by Crippen LogP contribution is -2.63. The Morgan fingerprint density at radius 2 is 1.20 bits per heavy atom. The Hall–Kier alpha value is -5.35. The lowest BCUT2D eigenvalue weighted by Gasteiger charge is -2.44. The van der Waals surface area contributed by atoms with Crippen LogP contribution in [0.5, 0.6) is 0 Å². The van der Waals surface area contributed by atoms with E-state index < -0.39 is 67.1 Å². The van der Waals surface area contributed by atoms with Crippen molar-refractivity contribution in [3.8, 4) is 0 Å². The molecule has 9 nitrogen and oxygen atoms in total. The largest absolute Gasteiger partial charge is 0.455 e. The lowest BCUT2D eigenvalue weighted by atomic mass is 9.91. The molecule has 9 heteroatoms. The number of rotatable bonds is 10. The molecule has 0 saturated carbocycles. The number of ether oxygens (including phenoxy) is 5. The van der Waals surface area contributed by atoms with E-state index in [9.17, 15) is 19.5 Å². The van der Waals surface area contributed by atoms with E-state index in [2.05, 4.69) is 12.1 Å². The molecular formula is C46H46O9. The minimum atomic E-state index is -1.34. The van der Waals surface area contributed by atoms with Crippen LogP contribution in [0.25, 0.3) is 21.5 Å². The van der Waals surface area contributed by atoms with Crippen LogP contribution in [0.1, 0.15) is 36.0 Å². The second kappa shape index (κ2) is 17.9. The zero-order valence-electron chi connectivity index (χ0n) is 30.8. The second-order valence-corrected chi connectivity index (χ2v) is 14.3. The number of allylic oxidation sites excluding steroid dienone is 2. The number of methoxy groups -OCH3 is 1. The van der Waals surface area contributed by atoms with Crippen LogP contribution in [0.15, 0.2) is 127 Å². The van der Waals surface area contributed by atoms with Gasteiger partial charge in [0.15, 0.2) is 24.6 Å². The van der Waals surface area contributed by atoms with Gasteiger partial charge in [-0.3, -0.25) is 14.4 Å². The number of hydrogen-bond acceptors (Lipinski definition) is 9. The van der Waals surface area contributed by atoms with Crippen LogP contribution in [-0.2, 0) is 57.3 Å². The van der Waals surface area contributed by atoms with Gasteiger partial charge in [0.25, 0.3) is 0 Å². The maximum atomic E-state index is 14.3. The number of aryl methyl sites for hydroxylation is 1. The van der Waals surface area contributed by atoms with E-state index in [1.165, 1.54) is 7.11 Å². The van der Waals surface area contributed by atoms with E-state index >= 15 is 0 Å². The SMILES string of the molecule is CO[C@H]1O[C@H](CO)[C@@H](OC(=O)CCc2ccccc2)[C@@H]2OC(=O)[C@@H](Cc3ccc4ccccc4c3)C/C=C/C[C@H](Cc3ccc4ccccc4c3)C(=O)O[C@@H]12. The standard InChI is InChI=1S/C46H46O9/c1-51-46-43-42(41(39(29-47)52-46)53-40(48)24-21-30-11-3-2-4-12-30)54-44(49)37(27-31-19-22-33-13-5-7-15-35(33)25-31)17-9-10-18-38(45(50)55-43)28-32-20-23-34-14-6-8-16-36(34)26-32/h2-16,19-20,22-23,25-26,37-39,41-43,46-47H,17-18,21,24,27-29H2,1H3/b10-9+/t37-,38-,39-,41-,42+,43-,46+/m1/s1. The molecule has 1 fully saturated rings. The van der Waals surface area contributed by atoms with E-state index in [0.29, 0.717) is 32.1 Å². The second-order valence-electron chi connectivity index (χ2n) is 14.3. The average molecular weight is 743 g/mol. The highest BCUT2D eigenvalue weighted by atomic mass is 16.7. The number of benzene rings is 5. The first-order valence-corrected chi connectivity index (χ1v) is 18.9. The van der Waals surface area contributed by atoms with Crippen LogP contribution in [0, 0.1) is 11.8 Å². The van der Waals surface area contributed by atoms with Gasteiger partial charge in [0.05, 0.1) is 18.4 Å². The Kier molecular flexibility index (Phi) is 12.3. The number of aliphatic hydroxyl groups excluding tert-OH is 1. The minimum absolute atomic E-state index is 0.0285. The molecule has 5 aromatic rings. The number of carbonyl (C=O) groups is 3. The van der Waals surface area contributed by atoms with Crippen molar-refractivity contribution in [2.45, 2.75) is 69.2 Å². The molecule has 1 N–H and O–H groups in total. The Morgan fingerprint density at radius 1 is 0.673 bits per heavy atom. The Bertz CT molecular complexity index is 2130. The van der Waals surface area contributed by atoms with Gasteiger partial charge in [0.1, 0.15) is 6.10 Å². The van der Waals surface area contributed by atoms with Crippen LogP contribution in [0.2, 0.25) is 0 Å². The van der Waals surface area contributed by atoms with Crippen LogP contribution in [-0.4, -0.2) is 67.4 Å². The fourth-order valence-corrected chi connectivity index (χ4v) is 7.53. The summed E-state index contributed by atoms with van der Waals surface area (Å²) in [4.78, 5) is 41.9. The summed E-state index contributed by atoms with van der Waals surface area (Å²) >= 11 is 0. The molecule has 284 valence electrons. The van der Waals surface area contributed by atoms with E-state index in [1.54, 1.807) is 0 Å². The van der Waals surface area contributed by atoms with Crippen molar-refractivity contribution in [3.05, 3.63) is 144 Å². The summed E-state index contributed by atoms with van der Waals surface area (Å²) in [5.74, 6) is -2.91. The molecule has 0 spiro atoms. The first-order valence-electron chi connectivity index (χ1n) is 18.9. The summed E-state index contributed by atoms with van der Waals surface area (Å²) in [6.45, 7) is -0.570. The molecule has 2 aliphatic rings. The lowest BCUT2D eigenvalue weighted by molar-refractivity contribution is -0.304. The third-order valence-corrected chi connectivity index (χ3v) is 10.5. The molecule has 0 unspecified atom stereocenters. The molecular weight excluding hydrogens is 696 g/mol. The smallest absolute Gasteiger partial charge is 0.310 e. The summed E-state index contributed by atoms with van der Waals surface area (Å²) in [7, 11) is 1.38. The molecule has 1 saturated heterocycles. The maximum absolute atomic E-state index is 14.3. The number of aliphatic hydroxyl groups is 1. The number of carbonyl (C=O) groups excluding carboxylic acids is 3. The van der Waals surface area contributed by atoms with Crippen molar-refractivity contribution in [1.82, 2.24) is 0 Å². The summed E-state index contributed by atoms with van der Waals surface area (Å²) in [5, 5.41) is 14.8.